The van der Waals surface area contributed by atoms with E-state index >= 15 is 0 Å². The Morgan fingerprint density at radius 1 is 1.05 bits per heavy atom. The highest BCUT2D eigenvalue weighted by Gasteiger charge is 2.13. The van der Waals surface area contributed by atoms with E-state index in [0.29, 0.717) is 22.9 Å². The van der Waals surface area contributed by atoms with E-state index < -0.39 is 0 Å². The lowest BCUT2D eigenvalue weighted by atomic mass is 10.1. The van der Waals surface area contributed by atoms with Crippen LogP contribution in [0.1, 0.15) is 5.56 Å². The van der Waals surface area contributed by atoms with E-state index in [1.807, 2.05) is 25.1 Å². The zero-order chi connectivity index (χ0) is 15.0. The molecule has 0 atom stereocenters. The fourth-order valence-corrected chi connectivity index (χ4v) is 2.30. The summed E-state index contributed by atoms with van der Waals surface area (Å²) in [6, 6.07) is 9.05. The van der Waals surface area contributed by atoms with Gasteiger partial charge in [0.15, 0.2) is 11.5 Å². The van der Waals surface area contributed by atoms with Crippen LogP contribution in [-0.2, 0) is 0 Å². The number of phenolic OH excluding ortho intramolecular Hbond substituents is 1. The van der Waals surface area contributed by atoms with E-state index in [0.717, 1.165) is 16.6 Å². The maximum absolute atomic E-state index is 10.0. The van der Waals surface area contributed by atoms with Gasteiger partial charge in [0, 0.05) is 12.1 Å². The number of hydrogen-bond donors (Lipinski definition) is 2. The third-order valence-corrected chi connectivity index (χ3v) is 3.39. The molecule has 0 aliphatic heterocycles. The number of aromatic hydroxyl groups is 1. The predicted octanol–water partition coefficient (Wildman–Crippen LogP) is 3.26. The molecule has 5 heteroatoms. The van der Waals surface area contributed by atoms with Crippen LogP contribution in [0.3, 0.4) is 0 Å². The van der Waals surface area contributed by atoms with Gasteiger partial charge in [-0.3, -0.25) is 0 Å². The Kier molecular flexibility index (Phi) is 3.17. The first-order valence-corrected chi connectivity index (χ1v) is 6.54. The monoisotopic (exact) mass is 284 g/mol. The Bertz CT molecular complexity index is 768. The number of ether oxygens (including phenoxy) is 2. The summed E-state index contributed by atoms with van der Waals surface area (Å²) >= 11 is 0. The second-order valence-electron chi connectivity index (χ2n) is 4.83. The van der Waals surface area contributed by atoms with Gasteiger partial charge >= 0.3 is 0 Å². The van der Waals surface area contributed by atoms with Crippen molar-refractivity contribution in [2.45, 2.75) is 6.92 Å². The topological polar surface area (TPSA) is 67.4 Å². The molecule has 0 amide bonds. The quantitative estimate of drug-likeness (QED) is 0.774. The van der Waals surface area contributed by atoms with Gasteiger partial charge in [0.05, 0.1) is 30.8 Å². The minimum Gasteiger partial charge on any atom is -0.507 e. The first-order valence-electron chi connectivity index (χ1n) is 6.54. The van der Waals surface area contributed by atoms with Crippen LogP contribution in [0.25, 0.3) is 22.4 Å². The van der Waals surface area contributed by atoms with E-state index in [2.05, 4.69) is 9.97 Å². The van der Waals surface area contributed by atoms with Gasteiger partial charge in [-0.25, -0.2) is 4.98 Å². The number of rotatable bonds is 3. The molecule has 1 aromatic heterocycles. The molecule has 2 aromatic carbocycles. The summed E-state index contributed by atoms with van der Waals surface area (Å²) in [5.41, 5.74) is 3.30. The van der Waals surface area contributed by atoms with E-state index in [1.54, 1.807) is 26.4 Å². The number of aromatic amines is 1. The first-order chi connectivity index (χ1) is 10.1. The molecular formula is C16H16N2O3. The van der Waals surface area contributed by atoms with Crippen LogP contribution < -0.4 is 9.47 Å². The molecule has 0 bridgehead atoms. The number of imidazole rings is 1. The maximum atomic E-state index is 10.0. The highest BCUT2D eigenvalue weighted by molar-refractivity contribution is 5.84. The Morgan fingerprint density at radius 3 is 2.48 bits per heavy atom. The lowest BCUT2D eigenvalue weighted by Crippen LogP contribution is -1.89. The molecule has 2 N–H and O–H groups in total. The van der Waals surface area contributed by atoms with Crippen LogP contribution in [-0.4, -0.2) is 29.3 Å². The van der Waals surface area contributed by atoms with E-state index in [9.17, 15) is 5.11 Å². The van der Waals surface area contributed by atoms with Crippen LogP contribution in [0, 0.1) is 6.92 Å². The smallest absolute Gasteiger partial charge is 0.163 e. The lowest BCUT2D eigenvalue weighted by Gasteiger charge is -2.06. The van der Waals surface area contributed by atoms with Gasteiger partial charge in [0.25, 0.3) is 0 Å². The number of methoxy groups -OCH3 is 2. The summed E-state index contributed by atoms with van der Waals surface area (Å²) in [5.74, 6) is 2.06. The molecule has 108 valence electrons. The highest BCUT2D eigenvalue weighted by Crippen LogP contribution is 2.34. The number of phenols is 1. The average Bonchev–Trinajstić information content (AvgIpc) is 2.90. The maximum Gasteiger partial charge on any atom is 0.163 e. The Balaban J connectivity index is 2.19. The van der Waals surface area contributed by atoms with Crippen molar-refractivity contribution in [3.8, 4) is 28.6 Å². The fraction of sp³-hybridized carbons (Fsp3) is 0.188. The SMILES string of the molecule is COc1cc2nc(-c3cc(C)ccc3O)[nH]c2cc1OC. The number of aryl methyl sites for hydroxylation is 1. The zero-order valence-corrected chi connectivity index (χ0v) is 12.1. The van der Waals surface area contributed by atoms with Crippen LogP contribution in [0.2, 0.25) is 0 Å². The molecule has 0 aliphatic rings. The van der Waals surface area contributed by atoms with Crippen molar-refractivity contribution in [2.75, 3.05) is 14.2 Å². The minimum absolute atomic E-state index is 0.193. The van der Waals surface area contributed by atoms with Crippen LogP contribution in [0.15, 0.2) is 30.3 Å². The molecule has 0 saturated carbocycles. The normalized spacial score (nSPS) is 10.8. The average molecular weight is 284 g/mol. The molecule has 0 radical (unpaired) electrons. The molecule has 21 heavy (non-hydrogen) atoms. The van der Waals surface area contributed by atoms with Gasteiger partial charge in [0.1, 0.15) is 11.6 Å². The summed E-state index contributed by atoms with van der Waals surface area (Å²) in [6.45, 7) is 1.97. The third-order valence-electron chi connectivity index (χ3n) is 3.39. The van der Waals surface area contributed by atoms with Crippen molar-refractivity contribution in [2.24, 2.45) is 0 Å². The fourth-order valence-electron chi connectivity index (χ4n) is 2.30. The van der Waals surface area contributed by atoms with E-state index in [1.165, 1.54) is 0 Å². The van der Waals surface area contributed by atoms with E-state index in [-0.39, 0.29) is 5.75 Å². The summed E-state index contributed by atoms with van der Waals surface area (Å²) in [6.07, 6.45) is 0. The number of nitrogens with one attached hydrogen (secondary N) is 1. The molecule has 5 nitrogen and oxygen atoms in total. The van der Waals surface area contributed by atoms with Crippen molar-refractivity contribution in [1.29, 1.82) is 0 Å². The zero-order valence-electron chi connectivity index (χ0n) is 12.1. The van der Waals surface area contributed by atoms with Crippen LogP contribution in [0.5, 0.6) is 17.2 Å². The second-order valence-corrected chi connectivity index (χ2v) is 4.83. The molecule has 3 aromatic rings. The molecule has 0 saturated heterocycles. The summed E-state index contributed by atoms with van der Waals surface area (Å²) in [7, 11) is 3.18. The van der Waals surface area contributed by atoms with Crippen LogP contribution in [0.4, 0.5) is 0 Å². The predicted molar refractivity (Wildman–Crippen MR) is 81.0 cm³/mol. The largest absolute Gasteiger partial charge is 0.507 e. The number of nitrogens with zero attached hydrogens (tertiary/aromatic N) is 1. The van der Waals surface area contributed by atoms with Gasteiger partial charge < -0.3 is 19.6 Å². The third kappa shape index (κ3) is 2.27. The lowest BCUT2D eigenvalue weighted by molar-refractivity contribution is 0.356. The van der Waals surface area contributed by atoms with Gasteiger partial charge in [-0.15, -0.1) is 0 Å². The molecule has 0 spiro atoms. The Morgan fingerprint density at radius 2 is 1.76 bits per heavy atom. The molecule has 0 aliphatic carbocycles. The molecule has 0 unspecified atom stereocenters. The Hall–Kier alpha value is -2.69. The first kappa shape index (κ1) is 13.3. The van der Waals surface area contributed by atoms with Crippen molar-refractivity contribution in [3.05, 3.63) is 35.9 Å². The van der Waals surface area contributed by atoms with Gasteiger partial charge in [0.2, 0.25) is 0 Å². The molecule has 1 heterocycles. The Labute approximate surface area is 122 Å². The molecule has 0 fully saturated rings. The van der Waals surface area contributed by atoms with Gasteiger partial charge in [-0.1, -0.05) is 11.6 Å². The number of benzene rings is 2. The highest BCUT2D eigenvalue weighted by atomic mass is 16.5. The number of hydrogen-bond acceptors (Lipinski definition) is 4. The van der Waals surface area contributed by atoms with Crippen molar-refractivity contribution < 1.29 is 14.6 Å². The minimum atomic E-state index is 0.193. The number of aromatic nitrogens is 2. The van der Waals surface area contributed by atoms with Crippen molar-refractivity contribution >= 4 is 11.0 Å². The van der Waals surface area contributed by atoms with E-state index in [4.69, 9.17) is 9.47 Å². The van der Waals surface area contributed by atoms with Gasteiger partial charge in [-0.05, 0) is 19.1 Å². The molecule has 3 rings (SSSR count). The summed E-state index contributed by atoms with van der Waals surface area (Å²) < 4.78 is 10.6. The number of fused-ring (bicyclic) bond motifs is 1. The standard InChI is InChI=1S/C16H16N2O3/c1-9-4-5-13(19)10(6-9)16-17-11-7-14(20-2)15(21-3)8-12(11)18-16/h4-8,19H,1-3H3,(H,17,18). The second kappa shape index (κ2) is 5.01. The van der Waals surface area contributed by atoms with Crippen LogP contribution >= 0.6 is 0 Å². The van der Waals surface area contributed by atoms with Crippen molar-refractivity contribution in [3.63, 3.8) is 0 Å². The van der Waals surface area contributed by atoms with Crippen molar-refractivity contribution in [1.82, 2.24) is 9.97 Å². The summed E-state index contributed by atoms with van der Waals surface area (Å²) in [5, 5.41) is 10.0. The molecular weight excluding hydrogens is 268 g/mol. The number of H-pyrrole nitrogens is 1. The summed E-state index contributed by atoms with van der Waals surface area (Å²) in [4.78, 5) is 7.72. The van der Waals surface area contributed by atoms with Gasteiger partial charge in [-0.2, -0.15) is 0 Å².